The molecule has 4 rings (SSSR count). The molecule has 150 valence electrons. The lowest BCUT2D eigenvalue weighted by Crippen LogP contribution is -2.41. The Hall–Kier alpha value is -3.50. The molecule has 0 radical (unpaired) electrons. The molecule has 1 unspecified atom stereocenters. The van der Waals surface area contributed by atoms with Crippen molar-refractivity contribution in [3.63, 3.8) is 0 Å². The fourth-order valence-electron chi connectivity index (χ4n) is 3.19. The smallest absolute Gasteiger partial charge is 0.229 e. The summed E-state index contributed by atoms with van der Waals surface area (Å²) < 4.78 is 41.7. The molecule has 2 aromatic heterocycles. The van der Waals surface area contributed by atoms with Crippen molar-refractivity contribution in [3.8, 4) is 5.82 Å². The van der Waals surface area contributed by atoms with Crippen LogP contribution in [0.15, 0.2) is 36.9 Å². The van der Waals surface area contributed by atoms with Crippen molar-refractivity contribution in [2.45, 2.75) is 12.8 Å². The molecule has 8 nitrogen and oxygen atoms in total. The molecule has 1 atom stereocenters. The van der Waals surface area contributed by atoms with Gasteiger partial charge in [0.15, 0.2) is 29.1 Å². The van der Waals surface area contributed by atoms with Crippen LogP contribution < -0.4 is 10.2 Å². The van der Waals surface area contributed by atoms with Crippen LogP contribution in [0.25, 0.3) is 5.82 Å². The fraction of sp³-hybridized carbons (Fsp3) is 0.278. The highest BCUT2D eigenvalue weighted by Crippen LogP contribution is 2.25. The number of amides is 1. The topological polar surface area (TPSA) is 88.8 Å². The van der Waals surface area contributed by atoms with Crippen LogP contribution in [0.3, 0.4) is 0 Å². The quantitative estimate of drug-likeness (QED) is 0.673. The first-order chi connectivity index (χ1) is 14.0. The maximum Gasteiger partial charge on any atom is 0.229 e. The van der Waals surface area contributed by atoms with Gasteiger partial charge in [0, 0.05) is 13.1 Å². The number of carbonyl (C=O) groups excluding carboxylic acids is 1. The molecule has 0 aliphatic carbocycles. The molecular weight excluding hydrogens is 387 g/mol. The second kappa shape index (κ2) is 7.86. The zero-order valence-electron chi connectivity index (χ0n) is 15.1. The Bertz CT molecular complexity index is 1010. The summed E-state index contributed by atoms with van der Waals surface area (Å²) in [6.45, 7) is 1.02. The monoisotopic (exact) mass is 403 g/mol. The lowest BCUT2D eigenvalue weighted by atomic mass is 9.97. The third-order valence-corrected chi connectivity index (χ3v) is 4.70. The predicted molar refractivity (Wildman–Crippen MR) is 96.8 cm³/mol. The van der Waals surface area contributed by atoms with Crippen molar-refractivity contribution in [3.05, 3.63) is 54.4 Å². The number of anilines is 2. The average Bonchev–Trinajstić information content (AvgIpc) is 3.29. The van der Waals surface area contributed by atoms with E-state index >= 15 is 0 Å². The van der Waals surface area contributed by atoms with Gasteiger partial charge in [-0.05, 0) is 37.1 Å². The lowest BCUT2D eigenvalue weighted by molar-refractivity contribution is -0.120. The van der Waals surface area contributed by atoms with Gasteiger partial charge in [0.05, 0.1) is 11.6 Å². The SMILES string of the molecule is O=C(Nc1ccc(F)c(F)c1F)C1CCCN(c2ccc(-n3cncn3)nn2)C1. The minimum absolute atomic E-state index is 0.342. The number of rotatable bonds is 4. The highest BCUT2D eigenvalue weighted by atomic mass is 19.2. The number of hydrogen-bond acceptors (Lipinski definition) is 6. The highest BCUT2D eigenvalue weighted by molar-refractivity contribution is 5.93. The van der Waals surface area contributed by atoms with E-state index in [0.717, 1.165) is 12.1 Å². The number of benzene rings is 1. The maximum atomic E-state index is 13.8. The summed E-state index contributed by atoms with van der Waals surface area (Å²) in [6.07, 6.45) is 4.19. The Kier molecular flexibility index (Phi) is 5.10. The van der Waals surface area contributed by atoms with E-state index in [-0.39, 0.29) is 5.69 Å². The number of nitrogens with zero attached hydrogens (tertiary/aromatic N) is 6. The summed E-state index contributed by atoms with van der Waals surface area (Å²) in [6, 6.07) is 5.27. The zero-order valence-corrected chi connectivity index (χ0v) is 15.1. The van der Waals surface area contributed by atoms with Gasteiger partial charge in [-0.3, -0.25) is 4.79 Å². The van der Waals surface area contributed by atoms with Crippen LogP contribution in [-0.2, 0) is 4.79 Å². The molecule has 3 heterocycles. The predicted octanol–water partition coefficient (Wildman–Crippen LogP) is 2.33. The summed E-state index contributed by atoms with van der Waals surface area (Å²) >= 11 is 0. The average molecular weight is 403 g/mol. The van der Waals surface area contributed by atoms with Gasteiger partial charge < -0.3 is 10.2 Å². The number of hydrogen-bond donors (Lipinski definition) is 1. The third kappa shape index (κ3) is 3.89. The molecule has 1 N–H and O–H groups in total. The molecule has 1 aliphatic rings. The van der Waals surface area contributed by atoms with Crippen molar-refractivity contribution >= 4 is 17.4 Å². The Labute approximate surface area is 163 Å². The van der Waals surface area contributed by atoms with Gasteiger partial charge in [-0.1, -0.05) is 0 Å². The normalized spacial score (nSPS) is 16.7. The van der Waals surface area contributed by atoms with Gasteiger partial charge in [0.1, 0.15) is 12.7 Å². The number of aromatic nitrogens is 5. The largest absolute Gasteiger partial charge is 0.354 e. The van der Waals surface area contributed by atoms with E-state index in [1.54, 1.807) is 12.1 Å². The Morgan fingerprint density at radius 1 is 1.07 bits per heavy atom. The Morgan fingerprint density at radius 2 is 1.86 bits per heavy atom. The van der Waals surface area contributed by atoms with Crippen molar-refractivity contribution in [1.29, 1.82) is 0 Å². The van der Waals surface area contributed by atoms with E-state index in [1.165, 1.54) is 17.3 Å². The van der Waals surface area contributed by atoms with E-state index < -0.39 is 29.3 Å². The first-order valence-corrected chi connectivity index (χ1v) is 8.91. The van der Waals surface area contributed by atoms with E-state index in [1.807, 2.05) is 4.90 Å². The number of carbonyl (C=O) groups is 1. The number of nitrogens with one attached hydrogen (secondary N) is 1. The van der Waals surface area contributed by atoms with Gasteiger partial charge >= 0.3 is 0 Å². The van der Waals surface area contributed by atoms with Crippen molar-refractivity contribution in [2.75, 3.05) is 23.3 Å². The second-order valence-corrected chi connectivity index (χ2v) is 6.59. The summed E-state index contributed by atoms with van der Waals surface area (Å²) in [5.41, 5.74) is -0.386. The lowest BCUT2D eigenvalue weighted by Gasteiger charge is -2.32. The zero-order chi connectivity index (χ0) is 20.4. The molecule has 11 heteroatoms. The molecule has 0 saturated carbocycles. The van der Waals surface area contributed by atoms with E-state index in [2.05, 4.69) is 25.6 Å². The van der Waals surface area contributed by atoms with E-state index in [9.17, 15) is 18.0 Å². The van der Waals surface area contributed by atoms with Gasteiger partial charge in [-0.2, -0.15) is 5.10 Å². The highest BCUT2D eigenvalue weighted by Gasteiger charge is 2.28. The first-order valence-electron chi connectivity index (χ1n) is 8.91. The maximum absolute atomic E-state index is 13.8. The summed E-state index contributed by atoms with van der Waals surface area (Å²) in [5, 5.41) is 14.6. The number of halogens is 3. The fourth-order valence-corrected chi connectivity index (χ4v) is 3.19. The van der Waals surface area contributed by atoms with Crippen LogP contribution in [0, 0.1) is 23.4 Å². The van der Waals surface area contributed by atoms with Crippen LogP contribution in [0.1, 0.15) is 12.8 Å². The Balaban J connectivity index is 1.44. The molecule has 0 bridgehead atoms. The van der Waals surface area contributed by atoms with Crippen LogP contribution in [0.4, 0.5) is 24.7 Å². The Morgan fingerprint density at radius 3 is 2.59 bits per heavy atom. The van der Waals surface area contributed by atoms with Crippen LogP contribution in [-0.4, -0.2) is 44.0 Å². The molecule has 1 saturated heterocycles. The third-order valence-electron chi connectivity index (χ3n) is 4.70. The van der Waals surface area contributed by atoms with Crippen molar-refractivity contribution in [1.82, 2.24) is 25.0 Å². The van der Waals surface area contributed by atoms with Gasteiger partial charge in [-0.15, -0.1) is 10.2 Å². The second-order valence-electron chi connectivity index (χ2n) is 6.59. The minimum atomic E-state index is -1.61. The molecule has 1 aliphatic heterocycles. The van der Waals surface area contributed by atoms with E-state index in [0.29, 0.717) is 37.6 Å². The molecule has 0 spiro atoms. The molecular formula is C18H16F3N7O. The molecule has 29 heavy (non-hydrogen) atoms. The standard InChI is InChI=1S/C18H16F3N7O/c19-12-3-4-13(17(21)16(12)20)24-18(29)11-2-1-7-27(8-11)14-5-6-15(26-25-14)28-10-22-9-23-28/h3-6,9-11H,1-2,7-8H2,(H,24,29). The molecule has 1 amide bonds. The van der Waals surface area contributed by atoms with Crippen molar-refractivity contribution < 1.29 is 18.0 Å². The van der Waals surface area contributed by atoms with Crippen LogP contribution >= 0.6 is 0 Å². The van der Waals surface area contributed by atoms with Gasteiger partial charge in [0.2, 0.25) is 5.91 Å². The first kappa shape index (κ1) is 18.8. The molecule has 1 fully saturated rings. The van der Waals surface area contributed by atoms with Gasteiger partial charge in [0.25, 0.3) is 0 Å². The summed E-state index contributed by atoms with van der Waals surface area (Å²) in [4.78, 5) is 18.3. The van der Waals surface area contributed by atoms with Crippen LogP contribution in [0.2, 0.25) is 0 Å². The summed E-state index contributed by atoms with van der Waals surface area (Å²) in [5.74, 6) is -4.18. The minimum Gasteiger partial charge on any atom is -0.354 e. The summed E-state index contributed by atoms with van der Waals surface area (Å²) in [7, 11) is 0. The molecule has 3 aromatic rings. The molecule has 1 aromatic carbocycles. The van der Waals surface area contributed by atoms with Crippen molar-refractivity contribution in [2.24, 2.45) is 5.92 Å². The van der Waals surface area contributed by atoms with Gasteiger partial charge in [-0.25, -0.2) is 22.8 Å². The van der Waals surface area contributed by atoms with Crippen LogP contribution in [0.5, 0.6) is 0 Å². The number of piperidine rings is 1. The van der Waals surface area contributed by atoms with E-state index in [4.69, 9.17) is 0 Å².